The van der Waals surface area contributed by atoms with Gasteiger partial charge in [-0.25, -0.2) is 0 Å². The Morgan fingerprint density at radius 1 is 1.07 bits per heavy atom. The predicted molar refractivity (Wildman–Crippen MR) is 50.6 cm³/mol. The summed E-state index contributed by atoms with van der Waals surface area (Å²) in [6.07, 6.45) is 3.25. The Balaban J connectivity index is 3.09. The molecule has 0 bridgehead atoms. The Morgan fingerprint density at radius 3 is 1.79 bits per heavy atom. The van der Waals surface area contributed by atoms with Gasteiger partial charge in [0.25, 0.3) is 5.78 Å². The van der Waals surface area contributed by atoms with Crippen LogP contribution in [0.1, 0.15) is 6.92 Å². The molecule has 14 heavy (non-hydrogen) atoms. The van der Waals surface area contributed by atoms with E-state index < -0.39 is 5.60 Å². The van der Waals surface area contributed by atoms with Crippen molar-refractivity contribution < 1.29 is 19.0 Å². The van der Waals surface area contributed by atoms with Crippen molar-refractivity contribution in [2.45, 2.75) is 12.5 Å². The Bertz CT molecular complexity index is 277. The van der Waals surface area contributed by atoms with Crippen LogP contribution in [-0.4, -0.2) is 32.7 Å². The maximum Gasteiger partial charge on any atom is 0.261 e. The maximum absolute atomic E-state index is 11.5. The van der Waals surface area contributed by atoms with Gasteiger partial charge in [0.2, 0.25) is 0 Å². The summed E-state index contributed by atoms with van der Waals surface area (Å²) in [6.45, 7) is 1.82. The van der Waals surface area contributed by atoms with Crippen molar-refractivity contribution in [2.75, 3.05) is 21.3 Å². The minimum Gasteiger partial charge on any atom is -0.493 e. The lowest BCUT2D eigenvalue weighted by atomic mass is 9.97. The number of hydrogen-bond acceptors (Lipinski definition) is 4. The Kier molecular flexibility index (Phi) is 2.96. The monoisotopic (exact) mass is 198 g/mol. The molecule has 0 radical (unpaired) electrons. The van der Waals surface area contributed by atoms with Crippen LogP contribution in [0.2, 0.25) is 0 Å². The molecular weight excluding hydrogens is 184 g/mol. The molecule has 4 heteroatoms. The number of hydrogen-bond donors (Lipinski definition) is 0. The highest BCUT2D eigenvalue weighted by Crippen LogP contribution is 2.25. The predicted octanol–water partition coefficient (Wildman–Crippen LogP) is 1.03. The van der Waals surface area contributed by atoms with Gasteiger partial charge in [-0.05, 0) is 19.1 Å². The normalized spacial score (nSPS) is 19.9. The van der Waals surface area contributed by atoms with Crippen LogP contribution in [0.15, 0.2) is 23.7 Å². The highest BCUT2D eigenvalue weighted by molar-refractivity contribution is 6.06. The lowest BCUT2D eigenvalue weighted by Crippen LogP contribution is -2.30. The average Bonchev–Trinajstić information content (AvgIpc) is 2.21. The summed E-state index contributed by atoms with van der Waals surface area (Å²) in [7, 11) is 4.44. The van der Waals surface area contributed by atoms with Crippen LogP contribution in [0.3, 0.4) is 0 Å². The molecule has 0 unspecified atom stereocenters. The van der Waals surface area contributed by atoms with E-state index in [4.69, 9.17) is 14.2 Å². The maximum atomic E-state index is 11.5. The smallest absolute Gasteiger partial charge is 0.261 e. The molecule has 0 saturated heterocycles. The summed E-state index contributed by atoms with van der Waals surface area (Å²) in [5.41, 5.74) is -0.648. The van der Waals surface area contributed by atoms with E-state index in [1.165, 1.54) is 14.2 Å². The summed E-state index contributed by atoms with van der Waals surface area (Å²) < 4.78 is 15.1. The molecular formula is C10H14O4. The molecule has 0 saturated carbocycles. The van der Waals surface area contributed by atoms with Gasteiger partial charge in [-0.15, -0.1) is 0 Å². The third-order valence-electron chi connectivity index (χ3n) is 2.16. The number of methoxy groups -OCH3 is 3. The highest BCUT2D eigenvalue weighted by atomic mass is 16.5. The van der Waals surface area contributed by atoms with Gasteiger partial charge < -0.3 is 14.2 Å². The first-order valence-electron chi connectivity index (χ1n) is 4.20. The van der Waals surface area contributed by atoms with Crippen molar-refractivity contribution in [2.24, 2.45) is 0 Å². The molecule has 0 atom stereocenters. The minimum absolute atomic E-state index is 0.244. The van der Waals surface area contributed by atoms with Crippen molar-refractivity contribution in [1.29, 1.82) is 0 Å². The Morgan fingerprint density at radius 2 is 1.50 bits per heavy atom. The van der Waals surface area contributed by atoms with Crippen molar-refractivity contribution >= 4 is 5.78 Å². The first-order valence-corrected chi connectivity index (χ1v) is 4.20. The van der Waals surface area contributed by atoms with E-state index in [1.54, 1.807) is 19.3 Å². The van der Waals surface area contributed by atoms with Crippen molar-refractivity contribution in [3.8, 4) is 0 Å². The molecule has 1 rings (SSSR count). The first-order chi connectivity index (χ1) is 6.56. The van der Waals surface area contributed by atoms with Gasteiger partial charge in [-0.2, -0.15) is 0 Å². The summed E-state index contributed by atoms with van der Waals surface area (Å²) in [6, 6.07) is 0. The fourth-order valence-corrected chi connectivity index (χ4v) is 1.24. The molecule has 0 fully saturated rings. The summed E-state index contributed by atoms with van der Waals surface area (Å²) in [4.78, 5) is 11.5. The summed E-state index contributed by atoms with van der Waals surface area (Å²) in [5, 5.41) is 0. The molecule has 0 aromatic heterocycles. The third-order valence-corrected chi connectivity index (χ3v) is 2.16. The standard InChI is InChI=1S/C10H14O4/c1-10(14-4)5-7(12-2)9(11)8(6-10)13-3/h5-6H,1-4H3. The van der Waals surface area contributed by atoms with Crippen molar-refractivity contribution in [1.82, 2.24) is 0 Å². The highest BCUT2D eigenvalue weighted by Gasteiger charge is 2.31. The number of ether oxygens (including phenoxy) is 3. The zero-order valence-electron chi connectivity index (χ0n) is 8.79. The Labute approximate surface area is 83.1 Å². The SMILES string of the molecule is COC1=CC(C)(OC)C=C(OC)C1=O. The van der Waals surface area contributed by atoms with Gasteiger partial charge in [0.15, 0.2) is 11.5 Å². The second kappa shape index (κ2) is 3.84. The zero-order valence-corrected chi connectivity index (χ0v) is 8.79. The van der Waals surface area contributed by atoms with Gasteiger partial charge in [-0.3, -0.25) is 4.79 Å². The second-order valence-corrected chi connectivity index (χ2v) is 3.14. The van der Waals surface area contributed by atoms with Crippen LogP contribution in [0.4, 0.5) is 0 Å². The number of carbonyl (C=O) groups excluding carboxylic acids is 1. The van der Waals surface area contributed by atoms with E-state index in [1.807, 2.05) is 6.92 Å². The number of carbonyl (C=O) groups is 1. The van der Waals surface area contributed by atoms with Crippen LogP contribution in [0.5, 0.6) is 0 Å². The lowest BCUT2D eigenvalue weighted by molar-refractivity contribution is -0.118. The van der Waals surface area contributed by atoms with E-state index in [0.717, 1.165) is 0 Å². The third kappa shape index (κ3) is 1.80. The molecule has 1 aliphatic carbocycles. The van der Waals surface area contributed by atoms with Crippen LogP contribution in [0, 0.1) is 0 Å². The summed E-state index contributed by atoms with van der Waals surface area (Å²) in [5.74, 6) is 0.229. The van der Waals surface area contributed by atoms with Gasteiger partial charge in [0, 0.05) is 7.11 Å². The van der Waals surface area contributed by atoms with Crippen LogP contribution in [-0.2, 0) is 19.0 Å². The molecule has 0 aromatic carbocycles. The molecule has 0 aliphatic heterocycles. The number of ketones is 1. The van der Waals surface area contributed by atoms with E-state index in [0.29, 0.717) is 0 Å². The zero-order chi connectivity index (χ0) is 10.8. The molecule has 0 spiro atoms. The van der Waals surface area contributed by atoms with E-state index >= 15 is 0 Å². The molecule has 0 heterocycles. The first kappa shape index (κ1) is 10.8. The van der Waals surface area contributed by atoms with Gasteiger partial charge in [0.1, 0.15) is 5.60 Å². The molecule has 4 nitrogen and oxygen atoms in total. The van der Waals surface area contributed by atoms with Crippen LogP contribution < -0.4 is 0 Å². The molecule has 0 aromatic rings. The fraction of sp³-hybridized carbons (Fsp3) is 0.500. The number of rotatable bonds is 3. The average molecular weight is 198 g/mol. The van der Waals surface area contributed by atoms with Gasteiger partial charge >= 0.3 is 0 Å². The quantitative estimate of drug-likeness (QED) is 0.679. The van der Waals surface area contributed by atoms with E-state index in [-0.39, 0.29) is 17.3 Å². The lowest BCUT2D eigenvalue weighted by Gasteiger charge is -2.26. The van der Waals surface area contributed by atoms with Crippen molar-refractivity contribution in [3.05, 3.63) is 23.7 Å². The molecule has 0 amide bonds. The second-order valence-electron chi connectivity index (χ2n) is 3.14. The van der Waals surface area contributed by atoms with Crippen molar-refractivity contribution in [3.63, 3.8) is 0 Å². The number of Topliss-reactive ketones (excluding diaryl/α,β-unsaturated/α-hetero) is 1. The van der Waals surface area contributed by atoms with E-state index in [2.05, 4.69) is 0 Å². The van der Waals surface area contributed by atoms with Gasteiger partial charge in [-0.1, -0.05) is 0 Å². The minimum atomic E-state index is -0.648. The largest absolute Gasteiger partial charge is 0.493 e. The van der Waals surface area contributed by atoms with Crippen LogP contribution in [0.25, 0.3) is 0 Å². The van der Waals surface area contributed by atoms with E-state index in [9.17, 15) is 4.79 Å². The van der Waals surface area contributed by atoms with Crippen LogP contribution >= 0.6 is 0 Å². The Hall–Kier alpha value is -1.29. The molecule has 0 N–H and O–H groups in total. The topological polar surface area (TPSA) is 44.8 Å². The van der Waals surface area contributed by atoms with Gasteiger partial charge in [0.05, 0.1) is 14.2 Å². The fourth-order valence-electron chi connectivity index (χ4n) is 1.24. The summed E-state index contributed by atoms with van der Waals surface area (Å²) >= 11 is 0. The molecule has 78 valence electrons. The molecule has 1 aliphatic rings.